The molecule has 27 heavy (non-hydrogen) atoms. The number of para-hydroxylation sites is 2. The summed E-state index contributed by atoms with van der Waals surface area (Å²) in [5, 5.41) is 0. The molecule has 1 aliphatic rings. The van der Waals surface area contributed by atoms with Gasteiger partial charge in [0.25, 0.3) is 11.7 Å². The molecule has 1 aromatic heterocycles. The van der Waals surface area contributed by atoms with Crippen LogP contribution in [0.2, 0.25) is 0 Å². The van der Waals surface area contributed by atoms with Gasteiger partial charge in [-0.3, -0.25) is 19.1 Å². The summed E-state index contributed by atoms with van der Waals surface area (Å²) in [5.74, 6) is -1.94. The summed E-state index contributed by atoms with van der Waals surface area (Å²) in [4.78, 5) is 38.2. The van der Waals surface area contributed by atoms with Crippen molar-refractivity contribution in [3.63, 3.8) is 0 Å². The Hall–Kier alpha value is -2.84. The Morgan fingerprint density at radius 1 is 1.15 bits per heavy atom. The minimum absolute atomic E-state index is 0.0519. The summed E-state index contributed by atoms with van der Waals surface area (Å²) in [6.45, 7) is 1.49. The molecular formula is C19H14N2O4S2. The van der Waals surface area contributed by atoms with Crippen LogP contribution in [0.3, 0.4) is 0 Å². The summed E-state index contributed by atoms with van der Waals surface area (Å²) in [7, 11) is 0. The third kappa shape index (κ3) is 2.87. The second kappa shape index (κ2) is 6.71. The first kappa shape index (κ1) is 17.6. The lowest BCUT2D eigenvalue weighted by Crippen LogP contribution is -2.43. The van der Waals surface area contributed by atoms with E-state index in [9.17, 15) is 14.4 Å². The Labute approximate surface area is 163 Å². The monoisotopic (exact) mass is 398 g/mol. The summed E-state index contributed by atoms with van der Waals surface area (Å²) in [6, 6.07) is 13.3. The summed E-state index contributed by atoms with van der Waals surface area (Å²) >= 11 is 6.78. The van der Waals surface area contributed by atoms with E-state index in [4.69, 9.17) is 17.0 Å². The largest absolute Gasteiger partial charge is 0.442 e. The zero-order valence-corrected chi connectivity index (χ0v) is 15.9. The Morgan fingerprint density at radius 2 is 1.85 bits per heavy atom. The number of carbonyl (C=O) groups excluding carboxylic acids is 3. The predicted molar refractivity (Wildman–Crippen MR) is 104 cm³/mol. The van der Waals surface area contributed by atoms with Crippen LogP contribution >= 0.6 is 23.6 Å². The molecule has 0 saturated carbocycles. The number of nitrogens with zero attached hydrogens (tertiary/aromatic N) is 2. The number of thiazole rings is 1. The fourth-order valence-electron chi connectivity index (χ4n) is 3.08. The number of hydrogen-bond acceptors (Lipinski definition) is 6. The maximum atomic E-state index is 12.6. The molecule has 0 aliphatic carbocycles. The van der Waals surface area contributed by atoms with Crippen LogP contribution in [-0.4, -0.2) is 28.3 Å². The highest BCUT2D eigenvalue weighted by molar-refractivity contribution is 7.73. The Bertz CT molecular complexity index is 1150. The number of Topliss-reactive ketones (excluding diaryl/α,β-unsaturated/α-hetero) is 1. The first-order valence-corrected chi connectivity index (χ1v) is 9.43. The molecule has 3 aromatic rings. The smallest absolute Gasteiger partial charge is 0.330 e. The van der Waals surface area contributed by atoms with E-state index in [0.717, 1.165) is 10.2 Å². The summed E-state index contributed by atoms with van der Waals surface area (Å²) in [5.41, 5.74) is 1.61. The van der Waals surface area contributed by atoms with Crippen LogP contribution in [0.25, 0.3) is 10.2 Å². The fraction of sp³-hybridized carbons (Fsp3) is 0.158. The van der Waals surface area contributed by atoms with Crippen LogP contribution in [0, 0.1) is 3.95 Å². The van der Waals surface area contributed by atoms with Gasteiger partial charge >= 0.3 is 5.97 Å². The number of carbonyl (C=O) groups is 3. The first-order valence-electron chi connectivity index (χ1n) is 8.21. The second-order valence-corrected chi connectivity index (χ2v) is 7.73. The van der Waals surface area contributed by atoms with Gasteiger partial charge in [-0.2, -0.15) is 0 Å². The molecule has 136 valence electrons. The molecule has 0 bridgehead atoms. The molecular weight excluding hydrogens is 384 g/mol. The maximum absolute atomic E-state index is 12.6. The van der Waals surface area contributed by atoms with E-state index >= 15 is 0 Å². The Balaban J connectivity index is 1.55. The molecule has 4 rings (SSSR count). The van der Waals surface area contributed by atoms with Gasteiger partial charge in [-0.15, -0.1) is 11.3 Å². The van der Waals surface area contributed by atoms with Gasteiger partial charge < -0.3 is 4.74 Å². The van der Waals surface area contributed by atoms with Crippen molar-refractivity contribution in [2.45, 2.75) is 19.7 Å². The molecule has 0 radical (unpaired) electrons. The quantitative estimate of drug-likeness (QED) is 0.382. The number of ketones is 1. The van der Waals surface area contributed by atoms with Gasteiger partial charge in [0.05, 0.1) is 21.5 Å². The van der Waals surface area contributed by atoms with Crippen LogP contribution < -0.4 is 4.90 Å². The standard InChI is InChI=1S/C19H14N2O4S2/c1-11(21-13-7-3-2-6-12(13)16(22)17(21)23)18(24)25-10-20-14-8-4-5-9-15(14)27-19(20)26/h2-9,11H,10H2,1H3/t11-/m1/s1. The van der Waals surface area contributed by atoms with E-state index < -0.39 is 23.7 Å². The van der Waals surface area contributed by atoms with Gasteiger partial charge in [-0.05, 0) is 43.4 Å². The number of benzene rings is 2. The van der Waals surface area contributed by atoms with Crippen molar-refractivity contribution >= 4 is 57.1 Å². The highest BCUT2D eigenvalue weighted by Gasteiger charge is 2.41. The third-order valence-electron chi connectivity index (χ3n) is 4.46. The highest BCUT2D eigenvalue weighted by Crippen LogP contribution is 2.30. The lowest BCUT2D eigenvalue weighted by atomic mass is 10.1. The van der Waals surface area contributed by atoms with Crippen molar-refractivity contribution in [2.75, 3.05) is 4.90 Å². The Kier molecular flexibility index (Phi) is 4.37. The van der Waals surface area contributed by atoms with Crippen molar-refractivity contribution in [3.8, 4) is 0 Å². The van der Waals surface area contributed by atoms with Gasteiger partial charge in [-0.25, -0.2) is 4.79 Å². The van der Waals surface area contributed by atoms with Gasteiger partial charge in [0, 0.05) is 0 Å². The van der Waals surface area contributed by atoms with Crippen LogP contribution in [0.5, 0.6) is 0 Å². The normalized spacial score (nSPS) is 14.5. The van der Waals surface area contributed by atoms with E-state index in [1.54, 1.807) is 35.8 Å². The third-order valence-corrected chi connectivity index (χ3v) is 5.89. The summed E-state index contributed by atoms with van der Waals surface area (Å²) < 4.78 is 8.73. The molecule has 2 heterocycles. The summed E-state index contributed by atoms with van der Waals surface area (Å²) in [6.07, 6.45) is 0. The minimum Gasteiger partial charge on any atom is -0.442 e. The molecule has 6 nitrogen and oxygen atoms in total. The predicted octanol–water partition coefficient (Wildman–Crippen LogP) is 3.55. The van der Waals surface area contributed by atoms with Crippen molar-refractivity contribution in [1.29, 1.82) is 0 Å². The zero-order valence-electron chi connectivity index (χ0n) is 14.2. The van der Waals surface area contributed by atoms with Crippen molar-refractivity contribution in [3.05, 3.63) is 58.0 Å². The first-order chi connectivity index (χ1) is 13.0. The van der Waals surface area contributed by atoms with E-state index in [0.29, 0.717) is 15.2 Å². The molecule has 1 atom stereocenters. The van der Waals surface area contributed by atoms with Gasteiger partial charge in [-0.1, -0.05) is 24.3 Å². The lowest BCUT2D eigenvalue weighted by Gasteiger charge is -2.23. The SMILES string of the molecule is C[C@H](C(=O)OCn1c(=S)sc2ccccc21)N1C(=O)C(=O)c2ccccc21. The van der Waals surface area contributed by atoms with Crippen LogP contribution in [0.4, 0.5) is 5.69 Å². The number of amides is 1. The topological polar surface area (TPSA) is 68.6 Å². The average molecular weight is 398 g/mol. The molecule has 1 aliphatic heterocycles. The van der Waals surface area contributed by atoms with E-state index in [2.05, 4.69) is 0 Å². The molecule has 0 unspecified atom stereocenters. The number of hydrogen-bond donors (Lipinski definition) is 0. The Morgan fingerprint density at radius 3 is 2.67 bits per heavy atom. The highest BCUT2D eigenvalue weighted by atomic mass is 32.1. The molecule has 1 amide bonds. The van der Waals surface area contributed by atoms with Gasteiger partial charge in [0.1, 0.15) is 6.04 Å². The maximum Gasteiger partial charge on any atom is 0.330 e. The molecule has 0 fully saturated rings. The molecule has 0 N–H and O–H groups in total. The number of rotatable bonds is 4. The van der Waals surface area contributed by atoms with Crippen LogP contribution in [0.15, 0.2) is 48.5 Å². The van der Waals surface area contributed by atoms with E-state index in [1.807, 2.05) is 24.3 Å². The van der Waals surface area contributed by atoms with E-state index in [-0.39, 0.29) is 6.73 Å². The van der Waals surface area contributed by atoms with Gasteiger partial charge in [0.15, 0.2) is 10.7 Å². The van der Waals surface area contributed by atoms with E-state index in [1.165, 1.54) is 16.2 Å². The van der Waals surface area contributed by atoms with Crippen molar-refractivity contribution in [2.24, 2.45) is 0 Å². The number of ether oxygens (including phenoxy) is 1. The molecule has 0 spiro atoms. The fourth-order valence-corrected chi connectivity index (χ4v) is 4.38. The zero-order chi connectivity index (χ0) is 19.1. The minimum atomic E-state index is -0.927. The van der Waals surface area contributed by atoms with Crippen LogP contribution in [-0.2, 0) is 21.1 Å². The van der Waals surface area contributed by atoms with Gasteiger partial charge in [0.2, 0.25) is 0 Å². The number of esters is 1. The molecule has 0 saturated heterocycles. The number of fused-ring (bicyclic) bond motifs is 2. The van der Waals surface area contributed by atoms with Crippen molar-refractivity contribution < 1.29 is 19.1 Å². The number of anilines is 1. The second-order valence-electron chi connectivity index (χ2n) is 6.05. The molecule has 8 heteroatoms. The van der Waals surface area contributed by atoms with Crippen LogP contribution in [0.1, 0.15) is 17.3 Å². The number of aromatic nitrogens is 1. The molecule has 2 aromatic carbocycles. The average Bonchev–Trinajstić information content (AvgIpc) is 3.13. The van der Waals surface area contributed by atoms with Crippen molar-refractivity contribution in [1.82, 2.24) is 4.57 Å². The lowest BCUT2D eigenvalue weighted by molar-refractivity contribution is -0.149.